The van der Waals surface area contributed by atoms with Gasteiger partial charge in [-0.25, -0.2) is 9.79 Å². The van der Waals surface area contributed by atoms with E-state index in [-0.39, 0.29) is 6.03 Å². The number of morpholine rings is 1. The zero-order valence-corrected chi connectivity index (χ0v) is 19.4. The predicted octanol–water partition coefficient (Wildman–Crippen LogP) is 1.45. The lowest BCUT2D eigenvalue weighted by atomic mass is 10.1. The van der Waals surface area contributed by atoms with Crippen molar-refractivity contribution in [2.24, 2.45) is 4.99 Å². The fourth-order valence-electron chi connectivity index (χ4n) is 3.95. The molecule has 9 nitrogen and oxygen atoms in total. The van der Waals surface area contributed by atoms with Gasteiger partial charge in [-0.2, -0.15) is 0 Å². The number of benzene rings is 1. The molecule has 0 radical (unpaired) electrons. The molecule has 2 heterocycles. The van der Waals surface area contributed by atoms with Crippen LogP contribution >= 0.6 is 0 Å². The van der Waals surface area contributed by atoms with Crippen LogP contribution < -0.4 is 16.0 Å². The Kier molecular flexibility index (Phi) is 9.13. The van der Waals surface area contributed by atoms with Crippen LogP contribution in [0.3, 0.4) is 0 Å². The van der Waals surface area contributed by atoms with Crippen molar-refractivity contribution in [1.29, 1.82) is 0 Å². The van der Waals surface area contributed by atoms with Crippen molar-refractivity contribution >= 4 is 17.7 Å². The van der Waals surface area contributed by atoms with E-state index in [0.29, 0.717) is 38.8 Å². The Labute approximate surface area is 191 Å². The molecule has 2 aliphatic heterocycles. The fourth-order valence-corrected chi connectivity index (χ4v) is 3.95. The molecule has 1 aromatic carbocycles. The monoisotopic (exact) mass is 446 g/mol. The summed E-state index contributed by atoms with van der Waals surface area (Å²) < 4.78 is 5.38. The number of anilines is 1. The summed E-state index contributed by atoms with van der Waals surface area (Å²) in [6.07, 6.45) is 2.14. The number of amides is 2. The first kappa shape index (κ1) is 24.3. The quantitative estimate of drug-likeness (QED) is 0.356. The molecule has 2 amide bonds. The molecule has 1 aromatic rings. The molecule has 4 N–H and O–H groups in total. The normalized spacial score (nSPS) is 19.5. The Bertz CT molecular complexity index is 758. The van der Waals surface area contributed by atoms with E-state index in [2.05, 4.69) is 25.8 Å². The van der Waals surface area contributed by atoms with Gasteiger partial charge in [0.05, 0.1) is 25.4 Å². The number of aliphatic imine (C=N–C) groups is 1. The van der Waals surface area contributed by atoms with E-state index < -0.39 is 5.60 Å². The molecule has 0 bridgehead atoms. The fraction of sp³-hybridized carbons (Fsp3) is 0.652. The van der Waals surface area contributed by atoms with Crippen molar-refractivity contribution in [3.8, 4) is 0 Å². The Hall–Kier alpha value is -2.36. The number of carbonyl (C=O) groups excluding carboxylic acids is 1. The molecule has 0 spiro atoms. The van der Waals surface area contributed by atoms with Crippen LogP contribution in [-0.2, 0) is 11.3 Å². The second-order valence-electron chi connectivity index (χ2n) is 8.76. The van der Waals surface area contributed by atoms with Gasteiger partial charge in [-0.1, -0.05) is 12.1 Å². The highest BCUT2D eigenvalue weighted by molar-refractivity contribution is 5.89. The van der Waals surface area contributed by atoms with Crippen LogP contribution in [0.5, 0.6) is 0 Å². The highest BCUT2D eigenvalue weighted by atomic mass is 16.5. The number of urea groups is 1. The molecule has 1 atom stereocenters. The van der Waals surface area contributed by atoms with E-state index in [4.69, 9.17) is 4.74 Å². The van der Waals surface area contributed by atoms with Gasteiger partial charge < -0.3 is 30.7 Å². The molecule has 32 heavy (non-hydrogen) atoms. The summed E-state index contributed by atoms with van der Waals surface area (Å²) in [5, 5.41) is 20.3. The smallest absolute Gasteiger partial charge is 0.321 e. The SMILES string of the molecule is CCNC(=NCc1cccc(NC(=O)N2CCCC2)c1)NCC(C)(O)CN1CCOCC1. The second kappa shape index (κ2) is 12.0. The van der Waals surface area contributed by atoms with Gasteiger partial charge in [0, 0.05) is 51.5 Å². The minimum atomic E-state index is -0.882. The van der Waals surface area contributed by atoms with Gasteiger partial charge in [-0.15, -0.1) is 0 Å². The third-order valence-electron chi connectivity index (χ3n) is 5.64. The Morgan fingerprint density at radius 2 is 1.94 bits per heavy atom. The van der Waals surface area contributed by atoms with Crippen LogP contribution in [0.2, 0.25) is 0 Å². The van der Waals surface area contributed by atoms with Crippen molar-refractivity contribution in [2.45, 2.75) is 38.8 Å². The van der Waals surface area contributed by atoms with Gasteiger partial charge in [0.15, 0.2) is 5.96 Å². The van der Waals surface area contributed by atoms with Crippen molar-refractivity contribution < 1.29 is 14.6 Å². The molecule has 1 unspecified atom stereocenters. The van der Waals surface area contributed by atoms with Crippen LogP contribution in [-0.4, -0.2) is 91.5 Å². The standard InChI is InChI=1S/C23H38N6O3/c1-3-24-21(26-17-23(2,31)18-28-11-13-32-14-12-28)25-16-19-7-6-8-20(15-19)27-22(30)29-9-4-5-10-29/h6-8,15,31H,3-5,9-14,16-18H2,1-2H3,(H,27,30)(H2,24,25,26). The average Bonchev–Trinajstić information content (AvgIpc) is 3.32. The number of aliphatic hydroxyl groups is 1. The van der Waals surface area contributed by atoms with Crippen molar-refractivity contribution in [2.75, 3.05) is 64.3 Å². The third kappa shape index (κ3) is 7.96. The number of likely N-dealkylation sites (tertiary alicyclic amines) is 1. The number of hydrogen-bond donors (Lipinski definition) is 4. The second-order valence-corrected chi connectivity index (χ2v) is 8.76. The van der Waals surface area contributed by atoms with Gasteiger partial charge in [-0.3, -0.25) is 4.90 Å². The highest BCUT2D eigenvalue weighted by Gasteiger charge is 2.25. The van der Waals surface area contributed by atoms with Crippen LogP contribution in [0, 0.1) is 0 Å². The lowest BCUT2D eigenvalue weighted by Gasteiger charge is -2.34. The number of nitrogens with one attached hydrogen (secondary N) is 3. The van der Waals surface area contributed by atoms with Gasteiger partial charge in [0.2, 0.25) is 0 Å². The van der Waals surface area contributed by atoms with E-state index in [1.165, 1.54) is 0 Å². The Morgan fingerprint density at radius 1 is 1.19 bits per heavy atom. The highest BCUT2D eigenvalue weighted by Crippen LogP contribution is 2.15. The minimum absolute atomic E-state index is 0.0411. The maximum absolute atomic E-state index is 12.3. The lowest BCUT2D eigenvalue weighted by molar-refractivity contribution is -0.0201. The van der Waals surface area contributed by atoms with Crippen molar-refractivity contribution in [3.63, 3.8) is 0 Å². The van der Waals surface area contributed by atoms with E-state index >= 15 is 0 Å². The van der Waals surface area contributed by atoms with Gasteiger partial charge >= 0.3 is 6.03 Å². The van der Waals surface area contributed by atoms with Gasteiger partial charge in [0.25, 0.3) is 0 Å². The summed E-state index contributed by atoms with van der Waals surface area (Å²) in [7, 11) is 0. The van der Waals surface area contributed by atoms with E-state index in [9.17, 15) is 9.90 Å². The number of carbonyl (C=O) groups is 1. The first-order valence-electron chi connectivity index (χ1n) is 11.6. The number of β-amino-alcohol motifs (C(OH)–C–C–N with tert-alkyl or cyclic N) is 1. The summed E-state index contributed by atoms with van der Waals surface area (Å²) in [5.74, 6) is 0.654. The minimum Gasteiger partial charge on any atom is -0.387 e. The Balaban J connectivity index is 1.53. The molecule has 2 aliphatic rings. The van der Waals surface area contributed by atoms with Crippen molar-refractivity contribution in [1.82, 2.24) is 20.4 Å². The predicted molar refractivity (Wildman–Crippen MR) is 127 cm³/mol. The summed E-state index contributed by atoms with van der Waals surface area (Å²) in [6, 6.07) is 7.73. The van der Waals surface area contributed by atoms with Gasteiger partial charge in [0.1, 0.15) is 0 Å². The van der Waals surface area contributed by atoms with Crippen LogP contribution in [0.25, 0.3) is 0 Å². The molecule has 2 saturated heterocycles. The van der Waals surface area contributed by atoms with Crippen molar-refractivity contribution in [3.05, 3.63) is 29.8 Å². The molecular formula is C23H38N6O3. The Morgan fingerprint density at radius 3 is 2.66 bits per heavy atom. The number of guanidine groups is 1. The summed E-state index contributed by atoms with van der Waals surface area (Å²) in [6.45, 7) is 10.8. The molecule has 0 aliphatic carbocycles. The molecule has 0 aromatic heterocycles. The molecule has 3 rings (SSSR count). The summed E-state index contributed by atoms with van der Waals surface area (Å²) in [5.41, 5.74) is 0.898. The molecule has 9 heteroatoms. The van der Waals surface area contributed by atoms with Crippen LogP contribution in [0.15, 0.2) is 29.3 Å². The van der Waals surface area contributed by atoms with Gasteiger partial charge in [-0.05, 0) is 44.4 Å². The average molecular weight is 447 g/mol. The topological polar surface area (TPSA) is 101 Å². The molecule has 2 fully saturated rings. The maximum Gasteiger partial charge on any atom is 0.321 e. The number of nitrogens with zero attached hydrogens (tertiary/aromatic N) is 3. The summed E-state index contributed by atoms with van der Waals surface area (Å²) >= 11 is 0. The first-order chi connectivity index (χ1) is 15.4. The van der Waals surface area contributed by atoms with E-state index in [1.807, 2.05) is 43.0 Å². The first-order valence-corrected chi connectivity index (χ1v) is 11.6. The summed E-state index contributed by atoms with van der Waals surface area (Å²) in [4.78, 5) is 21.1. The number of hydrogen-bond acceptors (Lipinski definition) is 5. The van der Waals surface area contributed by atoms with E-state index in [1.54, 1.807) is 0 Å². The molecule has 0 saturated carbocycles. The van der Waals surface area contributed by atoms with Crippen LogP contribution in [0.1, 0.15) is 32.3 Å². The number of rotatable bonds is 8. The molecular weight excluding hydrogens is 408 g/mol. The third-order valence-corrected chi connectivity index (χ3v) is 5.64. The lowest BCUT2D eigenvalue weighted by Crippen LogP contribution is -2.52. The zero-order valence-electron chi connectivity index (χ0n) is 19.4. The van der Waals surface area contributed by atoms with E-state index in [0.717, 1.165) is 56.8 Å². The number of ether oxygens (including phenoxy) is 1. The molecule has 178 valence electrons. The van der Waals surface area contributed by atoms with Crippen LogP contribution in [0.4, 0.5) is 10.5 Å². The zero-order chi connectivity index (χ0) is 22.8. The largest absolute Gasteiger partial charge is 0.387 e. The maximum atomic E-state index is 12.3.